The lowest BCUT2D eigenvalue weighted by Crippen LogP contribution is -2.07. The van der Waals surface area contributed by atoms with Gasteiger partial charge in [-0.3, -0.25) is 4.68 Å². The van der Waals surface area contributed by atoms with E-state index in [1.807, 2.05) is 31.2 Å². The summed E-state index contributed by atoms with van der Waals surface area (Å²) in [5, 5.41) is 5.36. The largest absolute Gasteiger partial charge is 0.494 e. The number of fused-ring (bicyclic) bond motifs is 1. The van der Waals surface area contributed by atoms with Crippen molar-refractivity contribution < 1.29 is 13.5 Å². The third-order valence-electron chi connectivity index (χ3n) is 3.58. The van der Waals surface area contributed by atoms with Gasteiger partial charge in [0.1, 0.15) is 17.4 Å². The van der Waals surface area contributed by atoms with Crippen molar-refractivity contribution in [3.05, 3.63) is 59.3 Å². The summed E-state index contributed by atoms with van der Waals surface area (Å²) < 4.78 is 35.1. The van der Waals surface area contributed by atoms with Gasteiger partial charge in [0, 0.05) is 23.1 Å². The second-order valence-electron chi connectivity index (χ2n) is 5.06. The van der Waals surface area contributed by atoms with Crippen molar-refractivity contribution in [3.8, 4) is 5.75 Å². The van der Waals surface area contributed by atoms with E-state index in [0.717, 1.165) is 16.6 Å². The molecule has 0 aliphatic rings. The Balaban J connectivity index is 2.02. The summed E-state index contributed by atoms with van der Waals surface area (Å²) in [6.07, 6.45) is 0. The highest BCUT2D eigenvalue weighted by molar-refractivity contribution is 5.81. The van der Waals surface area contributed by atoms with Crippen LogP contribution < -0.4 is 4.74 Å². The maximum atomic E-state index is 14.2. The molecule has 3 aromatic rings. The van der Waals surface area contributed by atoms with E-state index in [1.165, 1.54) is 12.1 Å². The first-order chi connectivity index (χ1) is 10.6. The van der Waals surface area contributed by atoms with E-state index in [9.17, 15) is 8.78 Å². The van der Waals surface area contributed by atoms with Gasteiger partial charge in [-0.1, -0.05) is 18.2 Å². The molecule has 5 heteroatoms. The number of ether oxygens (including phenoxy) is 1. The minimum Gasteiger partial charge on any atom is -0.494 e. The molecule has 0 spiro atoms. The quantitative estimate of drug-likeness (QED) is 0.726. The highest BCUT2D eigenvalue weighted by Crippen LogP contribution is 2.24. The van der Waals surface area contributed by atoms with Crippen molar-refractivity contribution in [2.24, 2.45) is 0 Å². The minimum absolute atomic E-state index is 0.0169. The molecule has 0 unspecified atom stereocenters. The molecule has 114 valence electrons. The van der Waals surface area contributed by atoms with Gasteiger partial charge in [0.05, 0.1) is 24.4 Å². The lowest BCUT2D eigenvalue weighted by atomic mass is 10.1. The van der Waals surface area contributed by atoms with Gasteiger partial charge in [0.25, 0.3) is 0 Å². The molecule has 0 fully saturated rings. The predicted octanol–water partition coefficient (Wildman–Crippen LogP) is 4.07. The molecule has 0 bridgehead atoms. The summed E-state index contributed by atoms with van der Waals surface area (Å²) in [7, 11) is 0. The van der Waals surface area contributed by atoms with E-state index in [2.05, 4.69) is 5.10 Å². The first-order valence-corrected chi connectivity index (χ1v) is 7.13. The summed E-state index contributed by atoms with van der Waals surface area (Å²) in [4.78, 5) is 0. The van der Waals surface area contributed by atoms with Gasteiger partial charge in [-0.15, -0.1) is 0 Å². The van der Waals surface area contributed by atoms with Crippen molar-refractivity contribution in [1.82, 2.24) is 9.78 Å². The van der Waals surface area contributed by atoms with E-state index < -0.39 is 11.6 Å². The summed E-state index contributed by atoms with van der Waals surface area (Å²) in [5.41, 5.74) is 1.67. The third-order valence-corrected chi connectivity index (χ3v) is 3.58. The zero-order chi connectivity index (χ0) is 15.7. The Kier molecular flexibility index (Phi) is 3.79. The molecule has 0 radical (unpaired) electrons. The first kappa shape index (κ1) is 14.5. The maximum absolute atomic E-state index is 14.2. The van der Waals surface area contributed by atoms with Crippen LogP contribution in [0.15, 0.2) is 36.4 Å². The Bertz CT molecular complexity index is 804. The molecule has 3 nitrogen and oxygen atoms in total. The molecule has 22 heavy (non-hydrogen) atoms. The van der Waals surface area contributed by atoms with Crippen LogP contribution in [0, 0.1) is 18.6 Å². The summed E-state index contributed by atoms with van der Waals surface area (Å²) in [6, 6.07) is 10.0. The lowest BCUT2D eigenvalue weighted by Gasteiger charge is -2.09. The van der Waals surface area contributed by atoms with Crippen molar-refractivity contribution in [2.75, 3.05) is 6.61 Å². The number of hydrogen-bond acceptors (Lipinski definition) is 2. The molecule has 0 atom stereocenters. The van der Waals surface area contributed by atoms with Crippen molar-refractivity contribution in [1.29, 1.82) is 0 Å². The predicted molar refractivity (Wildman–Crippen MR) is 81.1 cm³/mol. The van der Waals surface area contributed by atoms with Crippen LogP contribution in [0.4, 0.5) is 8.78 Å². The Morgan fingerprint density at radius 2 is 1.82 bits per heavy atom. The number of hydrogen-bond donors (Lipinski definition) is 0. The number of halogens is 2. The molecular weight excluding hydrogens is 286 g/mol. The number of para-hydroxylation sites is 1. The Hall–Kier alpha value is -2.43. The average Bonchev–Trinajstić information content (AvgIpc) is 2.80. The fraction of sp³-hybridized carbons (Fsp3) is 0.235. The zero-order valence-electron chi connectivity index (χ0n) is 12.4. The van der Waals surface area contributed by atoms with E-state index >= 15 is 0 Å². The van der Waals surface area contributed by atoms with Crippen LogP contribution in [0.5, 0.6) is 5.75 Å². The molecule has 0 amide bonds. The van der Waals surface area contributed by atoms with Gasteiger partial charge in [0.2, 0.25) is 0 Å². The van der Waals surface area contributed by atoms with Gasteiger partial charge in [-0.05, 0) is 19.9 Å². The first-order valence-electron chi connectivity index (χ1n) is 7.13. The summed E-state index contributed by atoms with van der Waals surface area (Å²) in [6.45, 7) is 4.05. The molecule has 2 aromatic carbocycles. The van der Waals surface area contributed by atoms with E-state index in [4.69, 9.17) is 4.74 Å². The van der Waals surface area contributed by atoms with Crippen LogP contribution in [0.3, 0.4) is 0 Å². The van der Waals surface area contributed by atoms with E-state index in [-0.39, 0.29) is 17.9 Å². The van der Waals surface area contributed by atoms with Crippen molar-refractivity contribution >= 4 is 10.9 Å². The van der Waals surface area contributed by atoms with Crippen molar-refractivity contribution in [3.63, 3.8) is 0 Å². The topological polar surface area (TPSA) is 27.1 Å². The normalized spacial score (nSPS) is 11.1. The molecule has 1 aromatic heterocycles. The minimum atomic E-state index is -0.624. The third kappa shape index (κ3) is 2.54. The molecule has 3 rings (SSSR count). The fourth-order valence-corrected chi connectivity index (χ4v) is 2.54. The SMILES string of the molecule is CCOc1cc(F)c(Cn2nc(C)c3ccccc32)c(F)c1. The standard InChI is InChI=1S/C17H16F2N2O/c1-3-22-12-8-15(18)14(16(19)9-12)10-21-17-7-5-4-6-13(17)11(2)20-21/h4-9H,3,10H2,1-2H3. The second-order valence-corrected chi connectivity index (χ2v) is 5.06. The lowest BCUT2D eigenvalue weighted by molar-refractivity contribution is 0.335. The number of aryl methyl sites for hydroxylation is 1. The van der Waals surface area contributed by atoms with Gasteiger partial charge in [-0.25, -0.2) is 8.78 Å². The molecule has 0 aliphatic carbocycles. The number of nitrogens with zero attached hydrogens (tertiary/aromatic N) is 2. The Morgan fingerprint density at radius 3 is 2.50 bits per heavy atom. The highest BCUT2D eigenvalue weighted by atomic mass is 19.1. The molecule has 0 N–H and O–H groups in total. The monoisotopic (exact) mass is 302 g/mol. The number of aromatic nitrogens is 2. The molecule has 1 heterocycles. The van der Waals surface area contributed by atoms with Crippen LogP contribution >= 0.6 is 0 Å². The van der Waals surface area contributed by atoms with E-state index in [0.29, 0.717) is 6.61 Å². The van der Waals surface area contributed by atoms with Gasteiger partial charge in [-0.2, -0.15) is 5.10 Å². The average molecular weight is 302 g/mol. The van der Waals surface area contributed by atoms with Crippen molar-refractivity contribution in [2.45, 2.75) is 20.4 Å². The van der Waals surface area contributed by atoms with Crippen LogP contribution in [0.2, 0.25) is 0 Å². The number of rotatable bonds is 4. The Morgan fingerprint density at radius 1 is 1.14 bits per heavy atom. The smallest absolute Gasteiger partial charge is 0.134 e. The summed E-state index contributed by atoms with van der Waals surface area (Å²) in [5.74, 6) is -1.05. The van der Waals surface area contributed by atoms with Gasteiger partial charge in [0.15, 0.2) is 0 Å². The van der Waals surface area contributed by atoms with Crippen LogP contribution in [-0.2, 0) is 6.54 Å². The highest BCUT2D eigenvalue weighted by Gasteiger charge is 2.15. The van der Waals surface area contributed by atoms with Crippen LogP contribution in [-0.4, -0.2) is 16.4 Å². The molecule has 0 saturated carbocycles. The molecule has 0 aliphatic heterocycles. The van der Waals surface area contributed by atoms with Gasteiger partial charge >= 0.3 is 0 Å². The zero-order valence-corrected chi connectivity index (χ0v) is 12.4. The maximum Gasteiger partial charge on any atom is 0.134 e. The summed E-state index contributed by atoms with van der Waals surface area (Å²) >= 11 is 0. The van der Waals surface area contributed by atoms with Crippen LogP contribution in [0.25, 0.3) is 10.9 Å². The molecular formula is C17H16F2N2O. The van der Waals surface area contributed by atoms with E-state index in [1.54, 1.807) is 11.6 Å². The fourth-order valence-electron chi connectivity index (χ4n) is 2.54. The Labute approximate surface area is 127 Å². The van der Waals surface area contributed by atoms with Crippen LogP contribution in [0.1, 0.15) is 18.2 Å². The molecule has 0 saturated heterocycles. The van der Waals surface area contributed by atoms with Gasteiger partial charge < -0.3 is 4.74 Å². The number of benzene rings is 2. The second kappa shape index (κ2) is 5.75.